The molecule has 1 aliphatic heterocycles. The van der Waals surface area contributed by atoms with Crippen molar-refractivity contribution < 1.29 is 33.5 Å². The zero-order valence-electron chi connectivity index (χ0n) is 17.4. The van der Waals surface area contributed by atoms with Crippen LogP contribution in [0.3, 0.4) is 0 Å². The van der Waals surface area contributed by atoms with E-state index in [0.29, 0.717) is 20.6 Å². The molecule has 2 aromatic carbocycles. The molecule has 0 aliphatic carbocycles. The average Bonchev–Trinajstić information content (AvgIpc) is 3.05. The van der Waals surface area contributed by atoms with Crippen LogP contribution in [0.15, 0.2) is 41.3 Å². The van der Waals surface area contributed by atoms with Crippen LogP contribution >= 0.6 is 34.4 Å². The maximum absolute atomic E-state index is 12.9. The summed E-state index contributed by atoms with van der Waals surface area (Å²) in [6, 6.07) is 9.25. The molecule has 2 aromatic rings. The summed E-state index contributed by atoms with van der Waals surface area (Å²) >= 11 is 2.74. The second-order valence-electron chi connectivity index (χ2n) is 6.55. The van der Waals surface area contributed by atoms with Crippen LogP contribution in [0, 0.1) is 13.7 Å². The first-order valence-corrected chi connectivity index (χ1v) is 11.2. The average molecular weight is 584 g/mol. The van der Waals surface area contributed by atoms with E-state index in [4.69, 9.17) is 9.47 Å². The zero-order valence-corrected chi connectivity index (χ0v) is 20.4. The second kappa shape index (κ2) is 10.7. The largest absolute Gasteiger partial charge is 0.493 e. The summed E-state index contributed by atoms with van der Waals surface area (Å²) in [5.74, 6) is -0.436. The van der Waals surface area contributed by atoms with Crippen LogP contribution in [0.4, 0.5) is 10.5 Å². The predicted octanol–water partition coefficient (Wildman–Crippen LogP) is 4.00. The zero-order chi connectivity index (χ0) is 24.1. The predicted molar refractivity (Wildman–Crippen MR) is 128 cm³/mol. The van der Waals surface area contributed by atoms with Crippen molar-refractivity contribution in [3.8, 4) is 11.5 Å². The summed E-state index contributed by atoms with van der Waals surface area (Å²) in [6.07, 6.45) is 1.53. The smallest absolute Gasteiger partial charge is 0.343 e. The molecule has 1 saturated heterocycles. The van der Waals surface area contributed by atoms with Crippen molar-refractivity contribution in [2.45, 2.75) is 6.54 Å². The molecule has 3 rings (SSSR count). The third-order valence-corrected chi connectivity index (χ3v) is 6.21. The number of hydrogen-bond acceptors (Lipinski definition) is 9. The maximum atomic E-state index is 12.9. The summed E-state index contributed by atoms with van der Waals surface area (Å²) in [4.78, 5) is 48.5. The van der Waals surface area contributed by atoms with Crippen molar-refractivity contribution in [2.75, 3.05) is 20.8 Å². The molecule has 10 nitrogen and oxygen atoms in total. The summed E-state index contributed by atoms with van der Waals surface area (Å²) in [5.41, 5.74) is 0.662. The number of thioether (sulfide) groups is 1. The molecule has 0 bridgehead atoms. The molecule has 0 aromatic heterocycles. The van der Waals surface area contributed by atoms with E-state index >= 15 is 0 Å². The highest BCUT2D eigenvalue weighted by Crippen LogP contribution is 2.38. The van der Waals surface area contributed by atoms with Gasteiger partial charge in [-0.05, 0) is 58.1 Å². The molecular formula is C21H17IN2O8S. The van der Waals surface area contributed by atoms with Crippen LogP contribution in [-0.4, -0.2) is 47.8 Å². The van der Waals surface area contributed by atoms with Gasteiger partial charge in [0.25, 0.3) is 16.8 Å². The Kier molecular flexibility index (Phi) is 7.92. The molecule has 12 heteroatoms. The number of amides is 2. The molecule has 172 valence electrons. The lowest BCUT2D eigenvalue weighted by Crippen LogP contribution is -2.27. The first kappa shape index (κ1) is 24.5. The molecule has 1 heterocycles. The van der Waals surface area contributed by atoms with Crippen LogP contribution in [0.2, 0.25) is 0 Å². The minimum absolute atomic E-state index is 0.164. The van der Waals surface area contributed by atoms with Crippen LogP contribution < -0.4 is 9.47 Å². The number of nitrogens with zero attached hydrogens (tertiary/aromatic N) is 2. The number of methoxy groups -OCH3 is 2. The molecular weight excluding hydrogens is 567 g/mol. The number of benzene rings is 2. The molecule has 0 saturated carbocycles. The molecule has 0 spiro atoms. The maximum Gasteiger partial charge on any atom is 0.343 e. The number of ether oxygens (including phenoxy) is 3. The molecule has 2 amide bonds. The summed E-state index contributed by atoms with van der Waals surface area (Å²) in [5, 5.41) is 10.7. The minimum Gasteiger partial charge on any atom is -0.493 e. The fourth-order valence-electron chi connectivity index (χ4n) is 2.93. The Morgan fingerprint density at radius 3 is 2.64 bits per heavy atom. The summed E-state index contributed by atoms with van der Waals surface area (Å²) < 4.78 is 16.0. The number of esters is 1. The Balaban J connectivity index is 1.85. The Labute approximate surface area is 206 Å². The summed E-state index contributed by atoms with van der Waals surface area (Å²) in [7, 11) is 2.68. The fourth-order valence-corrected chi connectivity index (χ4v) is 4.55. The molecule has 0 unspecified atom stereocenters. The summed E-state index contributed by atoms with van der Waals surface area (Å²) in [6.45, 7) is -0.507. The Morgan fingerprint density at radius 2 is 1.97 bits per heavy atom. The van der Waals surface area contributed by atoms with Crippen molar-refractivity contribution >= 4 is 63.2 Å². The lowest BCUT2D eigenvalue weighted by molar-refractivity contribution is -0.385. The van der Waals surface area contributed by atoms with E-state index in [1.54, 1.807) is 18.2 Å². The van der Waals surface area contributed by atoms with Crippen LogP contribution in [0.1, 0.15) is 11.1 Å². The number of rotatable bonds is 8. The van der Waals surface area contributed by atoms with Gasteiger partial charge in [0.1, 0.15) is 0 Å². The van der Waals surface area contributed by atoms with Crippen molar-refractivity contribution in [1.82, 2.24) is 4.90 Å². The number of para-hydroxylation sites is 1. The highest BCUT2D eigenvalue weighted by molar-refractivity contribution is 14.1. The number of carbonyl (C=O) groups excluding carboxylic acids is 3. The third-order valence-electron chi connectivity index (χ3n) is 4.50. The lowest BCUT2D eigenvalue weighted by atomic mass is 10.1. The van der Waals surface area contributed by atoms with E-state index in [0.717, 1.165) is 16.7 Å². The van der Waals surface area contributed by atoms with Crippen molar-refractivity contribution in [3.05, 3.63) is 66.1 Å². The van der Waals surface area contributed by atoms with E-state index in [1.165, 1.54) is 38.5 Å². The van der Waals surface area contributed by atoms with E-state index in [2.05, 4.69) is 4.74 Å². The highest BCUT2D eigenvalue weighted by atomic mass is 127. The first-order chi connectivity index (χ1) is 15.7. The van der Waals surface area contributed by atoms with E-state index in [-0.39, 0.29) is 29.3 Å². The lowest BCUT2D eigenvalue weighted by Gasteiger charge is -2.13. The fraction of sp³-hybridized carbons (Fsp3) is 0.190. The standard InChI is InChI=1S/C21H17IN2O8S/c1-30-16-8-12(7-14(22)19(16)32-11-18(25)31-2)9-17-20(26)23(21(27)33-17)10-13-5-3-4-6-15(13)24(28)29/h3-9H,10-11H2,1-2H3/b17-9+. The SMILES string of the molecule is COC(=O)COc1c(I)cc(/C=C2/SC(=O)N(Cc3ccccc3[N+](=O)[O-])C2=O)cc1OC. The van der Waals surface area contributed by atoms with Gasteiger partial charge in [-0.1, -0.05) is 18.2 Å². The Morgan fingerprint density at radius 1 is 1.24 bits per heavy atom. The molecule has 0 N–H and O–H groups in total. The van der Waals surface area contributed by atoms with Crippen molar-refractivity contribution in [3.63, 3.8) is 0 Å². The Hall–Kier alpha value is -3.13. The molecule has 0 radical (unpaired) electrons. The van der Waals surface area contributed by atoms with Crippen LogP contribution in [0.25, 0.3) is 6.08 Å². The van der Waals surface area contributed by atoms with Gasteiger partial charge < -0.3 is 14.2 Å². The van der Waals surface area contributed by atoms with Crippen LogP contribution in [0.5, 0.6) is 11.5 Å². The Bertz CT molecular complexity index is 1170. The van der Waals surface area contributed by atoms with Gasteiger partial charge in [0, 0.05) is 11.6 Å². The number of nitro benzene ring substituents is 1. The topological polar surface area (TPSA) is 125 Å². The molecule has 1 aliphatic rings. The van der Waals surface area contributed by atoms with Crippen molar-refractivity contribution in [2.24, 2.45) is 0 Å². The number of nitro groups is 1. The van der Waals surface area contributed by atoms with Crippen molar-refractivity contribution in [1.29, 1.82) is 0 Å². The molecule has 0 atom stereocenters. The number of hydrogen-bond donors (Lipinski definition) is 0. The van der Waals surface area contributed by atoms with E-state index in [9.17, 15) is 24.5 Å². The first-order valence-electron chi connectivity index (χ1n) is 9.30. The van der Waals surface area contributed by atoms with Crippen LogP contribution in [-0.2, 0) is 20.9 Å². The minimum atomic E-state index is -0.553. The van der Waals surface area contributed by atoms with Gasteiger partial charge in [0.2, 0.25) is 0 Å². The number of carbonyl (C=O) groups is 3. The van der Waals surface area contributed by atoms with Gasteiger partial charge in [0.05, 0.1) is 34.2 Å². The normalized spacial score (nSPS) is 14.5. The number of halogens is 1. The number of imide groups is 1. The molecule has 33 heavy (non-hydrogen) atoms. The van der Waals surface area contributed by atoms with Gasteiger partial charge in [-0.3, -0.25) is 24.6 Å². The van der Waals surface area contributed by atoms with Gasteiger partial charge in [-0.2, -0.15) is 0 Å². The third kappa shape index (κ3) is 5.63. The molecule has 1 fully saturated rings. The van der Waals surface area contributed by atoms with E-state index in [1.807, 2.05) is 22.6 Å². The quantitative estimate of drug-likeness (QED) is 0.149. The van der Waals surface area contributed by atoms with Gasteiger partial charge in [-0.15, -0.1) is 0 Å². The second-order valence-corrected chi connectivity index (χ2v) is 8.71. The van der Waals surface area contributed by atoms with E-state index < -0.39 is 22.0 Å². The highest BCUT2D eigenvalue weighted by Gasteiger charge is 2.36. The van der Waals surface area contributed by atoms with Gasteiger partial charge in [-0.25, -0.2) is 4.79 Å². The van der Waals surface area contributed by atoms with Gasteiger partial charge in [0.15, 0.2) is 18.1 Å². The monoisotopic (exact) mass is 584 g/mol. The van der Waals surface area contributed by atoms with Gasteiger partial charge >= 0.3 is 5.97 Å².